The largest absolute Gasteiger partial charge is 0.360 e. The molecular formula is C11H11FN2O. The SMILES string of the molecule is Fc1ccc2c(C3CCNC3)onc2c1. The third-order valence-electron chi connectivity index (χ3n) is 2.90. The predicted octanol–water partition coefficient (Wildman–Crippen LogP) is 2.04. The highest BCUT2D eigenvalue weighted by Crippen LogP contribution is 2.29. The van der Waals surface area contributed by atoms with Crippen molar-refractivity contribution in [1.82, 2.24) is 10.5 Å². The van der Waals surface area contributed by atoms with Gasteiger partial charge in [-0.1, -0.05) is 5.16 Å². The number of fused-ring (bicyclic) bond motifs is 1. The fourth-order valence-electron chi connectivity index (χ4n) is 2.11. The normalized spacial score (nSPS) is 21.3. The predicted molar refractivity (Wildman–Crippen MR) is 54.2 cm³/mol. The first-order valence-corrected chi connectivity index (χ1v) is 5.10. The van der Waals surface area contributed by atoms with Crippen molar-refractivity contribution in [2.75, 3.05) is 13.1 Å². The van der Waals surface area contributed by atoms with E-state index in [9.17, 15) is 4.39 Å². The number of rotatable bonds is 1. The van der Waals surface area contributed by atoms with Crippen molar-refractivity contribution >= 4 is 10.9 Å². The third-order valence-corrected chi connectivity index (χ3v) is 2.90. The lowest BCUT2D eigenvalue weighted by atomic mass is 10.0. The van der Waals surface area contributed by atoms with E-state index in [1.54, 1.807) is 6.07 Å². The van der Waals surface area contributed by atoms with Crippen molar-refractivity contribution < 1.29 is 8.91 Å². The summed E-state index contributed by atoms with van der Waals surface area (Å²) in [6.45, 7) is 1.93. The van der Waals surface area contributed by atoms with E-state index >= 15 is 0 Å². The Kier molecular flexibility index (Phi) is 1.95. The average molecular weight is 206 g/mol. The van der Waals surface area contributed by atoms with Gasteiger partial charge in [-0.05, 0) is 25.1 Å². The Balaban J connectivity index is 2.11. The monoisotopic (exact) mass is 206 g/mol. The molecule has 0 aliphatic carbocycles. The van der Waals surface area contributed by atoms with Crippen molar-refractivity contribution in [2.24, 2.45) is 0 Å². The van der Waals surface area contributed by atoms with Gasteiger partial charge >= 0.3 is 0 Å². The Bertz CT molecular complexity index is 488. The van der Waals surface area contributed by atoms with Crippen LogP contribution >= 0.6 is 0 Å². The molecule has 0 spiro atoms. The highest BCUT2D eigenvalue weighted by molar-refractivity contribution is 5.80. The van der Waals surface area contributed by atoms with Crippen molar-refractivity contribution in [3.63, 3.8) is 0 Å². The van der Waals surface area contributed by atoms with Crippen LogP contribution < -0.4 is 5.32 Å². The number of aromatic nitrogens is 1. The molecule has 3 rings (SSSR count). The minimum atomic E-state index is -0.271. The van der Waals surface area contributed by atoms with Crippen LogP contribution in [0.15, 0.2) is 22.7 Å². The van der Waals surface area contributed by atoms with Crippen molar-refractivity contribution in [3.05, 3.63) is 29.8 Å². The van der Waals surface area contributed by atoms with Gasteiger partial charge in [0, 0.05) is 23.9 Å². The van der Waals surface area contributed by atoms with Gasteiger partial charge in [-0.25, -0.2) is 4.39 Å². The lowest BCUT2D eigenvalue weighted by Gasteiger charge is -2.02. The Morgan fingerprint density at radius 3 is 3.20 bits per heavy atom. The summed E-state index contributed by atoms with van der Waals surface area (Å²) in [6, 6.07) is 4.60. The summed E-state index contributed by atoms with van der Waals surface area (Å²) < 4.78 is 18.2. The zero-order valence-corrected chi connectivity index (χ0v) is 8.16. The molecule has 1 aliphatic heterocycles. The number of benzene rings is 1. The van der Waals surface area contributed by atoms with Crippen molar-refractivity contribution in [1.29, 1.82) is 0 Å². The molecule has 1 saturated heterocycles. The van der Waals surface area contributed by atoms with Gasteiger partial charge in [-0.2, -0.15) is 0 Å². The van der Waals surface area contributed by atoms with E-state index in [0.29, 0.717) is 11.4 Å². The van der Waals surface area contributed by atoms with E-state index in [0.717, 1.165) is 30.7 Å². The molecule has 2 heterocycles. The smallest absolute Gasteiger partial charge is 0.148 e. The van der Waals surface area contributed by atoms with Crippen LogP contribution in [-0.2, 0) is 0 Å². The number of halogens is 1. The molecule has 1 aliphatic rings. The molecule has 1 fully saturated rings. The number of hydrogen-bond donors (Lipinski definition) is 1. The summed E-state index contributed by atoms with van der Waals surface area (Å²) in [6.07, 6.45) is 1.06. The Morgan fingerprint density at radius 2 is 2.40 bits per heavy atom. The van der Waals surface area contributed by atoms with Crippen LogP contribution in [0.4, 0.5) is 4.39 Å². The van der Waals surface area contributed by atoms with E-state index in [1.165, 1.54) is 12.1 Å². The molecule has 1 atom stereocenters. The van der Waals surface area contributed by atoms with Gasteiger partial charge in [0.25, 0.3) is 0 Å². The molecule has 2 aromatic rings. The first-order valence-electron chi connectivity index (χ1n) is 5.10. The lowest BCUT2D eigenvalue weighted by Crippen LogP contribution is -2.07. The second kappa shape index (κ2) is 3.31. The molecule has 3 nitrogen and oxygen atoms in total. The van der Waals surface area contributed by atoms with Crippen LogP contribution in [0.25, 0.3) is 10.9 Å². The maximum absolute atomic E-state index is 12.9. The topological polar surface area (TPSA) is 38.1 Å². The molecule has 1 aromatic carbocycles. The average Bonchev–Trinajstić information content (AvgIpc) is 2.82. The van der Waals surface area contributed by atoms with Crippen LogP contribution in [-0.4, -0.2) is 18.2 Å². The van der Waals surface area contributed by atoms with E-state index in [1.807, 2.05) is 0 Å². The van der Waals surface area contributed by atoms with E-state index < -0.39 is 0 Å². The number of nitrogens with zero attached hydrogens (tertiary/aromatic N) is 1. The highest BCUT2D eigenvalue weighted by atomic mass is 19.1. The van der Waals surface area contributed by atoms with Gasteiger partial charge in [-0.15, -0.1) is 0 Å². The summed E-state index contributed by atoms with van der Waals surface area (Å²) in [7, 11) is 0. The summed E-state index contributed by atoms with van der Waals surface area (Å²) in [5.74, 6) is 0.988. The van der Waals surface area contributed by atoms with Gasteiger partial charge in [-0.3, -0.25) is 0 Å². The van der Waals surface area contributed by atoms with Crippen LogP contribution in [0, 0.1) is 5.82 Å². The quantitative estimate of drug-likeness (QED) is 0.776. The first-order chi connectivity index (χ1) is 7.34. The maximum atomic E-state index is 12.9. The Morgan fingerprint density at radius 1 is 1.47 bits per heavy atom. The standard InChI is InChI=1S/C11H11FN2O/c12-8-1-2-9-10(5-8)14-15-11(9)7-3-4-13-6-7/h1-2,5,7,13H,3-4,6H2. The van der Waals surface area contributed by atoms with Crippen LogP contribution in [0.2, 0.25) is 0 Å². The Labute approximate surface area is 86.2 Å². The third kappa shape index (κ3) is 1.41. The summed E-state index contributed by atoms with van der Waals surface area (Å²) >= 11 is 0. The van der Waals surface area contributed by atoms with Gasteiger partial charge in [0.15, 0.2) is 0 Å². The summed E-state index contributed by atoms with van der Waals surface area (Å²) in [5, 5.41) is 8.09. The molecule has 4 heteroatoms. The van der Waals surface area contributed by atoms with Gasteiger partial charge in [0.05, 0.1) is 0 Å². The fourth-order valence-corrected chi connectivity index (χ4v) is 2.11. The zero-order chi connectivity index (χ0) is 10.3. The van der Waals surface area contributed by atoms with Gasteiger partial charge in [0.2, 0.25) is 0 Å². The van der Waals surface area contributed by atoms with Crippen LogP contribution in [0.1, 0.15) is 18.1 Å². The van der Waals surface area contributed by atoms with Gasteiger partial charge in [0.1, 0.15) is 17.1 Å². The first kappa shape index (κ1) is 8.85. The highest BCUT2D eigenvalue weighted by Gasteiger charge is 2.23. The number of nitrogens with one attached hydrogen (secondary N) is 1. The fraction of sp³-hybridized carbons (Fsp3) is 0.364. The molecule has 0 radical (unpaired) electrons. The second-order valence-corrected chi connectivity index (χ2v) is 3.90. The van der Waals surface area contributed by atoms with Crippen molar-refractivity contribution in [2.45, 2.75) is 12.3 Å². The number of hydrogen-bond acceptors (Lipinski definition) is 3. The molecule has 0 saturated carbocycles. The van der Waals surface area contributed by atoms with E-state index in [2.05, 4.69) is 10.5 Å². The molecule has 15 heavy (non-hydrogen) atoms. The second-order valence-electron chi connectivity index (χ2n) is 3.90. The molecule has 78 valence electrons. The minimum absolute atomic E-state index is 0.271. The molecule has 0 bridgehead atoms. The van der Waals surface area contributed by atoms with Gasteiger partial charge < -0.3 is 9.84 Å². The molecule has 1 unspecified atom stereocenters. The summed E-state index contributed by atoms with van der Waals surface area (Å²) in [5.41, 5.74) is 0.608. The molecular weight excluding hydrogens is 195 g/mol. The van der Waals surface area contributed by atoms with Crippen LogP contribution in [0.3, 0.4) is 0 Å². The zero-order valence-electron chi connectivity index (χ0n) is 8.16. The molecule has 0 amide bonds. The van der Waals surface area contributed by atoms with E-state index in [4.69, 9.17) is 4.52 Å². The minimum Gasteiger partial charge on any atom is -0.360 e. The molecule has 1 aromatic heterocycles. The lowest BCUT2D eigenvalue weighted by molar-refractivity contribution is 0.372. The van der Waals surface area contributed by atoms with E-state index in [-0.39, 0.29) is 5.82 Å². The molecule has 1 N–H and O–H groups in total. The Hall–Kier alpha value is -1.42. The maximum Gasteiger partial charge on any atom is 0.148 e. The van der Waals surface area contributed by atoms with Crippen molar-refractivity contribution in [3.8, 4) is 0 Å². The summed E-state index contributed by atoms with van der Waals surface area (Å²) in [4.78, 5) is 0. The van der Waals surface area contributed by atoms with Crippen LogP contribution in [0.5, 0.6) is 0 Å².